The highest BCUT2D eigenvalue weighted by Gasteiger charge is 2.15. The van der Waals surface area contributed by atoms with Crippen molar-refractivity contribution in [3.05, 3.63) is 0 Å². The average molecular weight is 201 g/mol. The zero-order chi connectivity index (χ0) is 11.1. The second-order valence-corrected chi connectivity index (χ2v) is 4.17. The minimum absolute atomic E-state index is 0.0498. The largest absolute Gasteiger partial charge is 0.393 e. The molecule has 0 heterocycles. The number of carbonyl (C=O) groups excluding carboxylic acids is 1. The quantitative estimate of drug-likeness (QED) is 0.685. The van der Waals surface area contributed by atoms with Crippen molar-refractivity contribution in [2.24, 2.45) is 11.8 Å². The summed E-state index contributed by atoms with van der Waals surface area (Å²) < 4.78 is 0. The van der Waals surface area contributed by atoms with Crippen molar-refractivity contribution in [3.8, 4) is 0 Å². The lowest BCUT2D eigenvalue weighted by Crippen LogP contribution is -2.33. The number of aliphatic hydroxyl groups excluding tert-OH is 1. The summed E-state index contributed by atoms with van der Waals surface area (Å²) in [4.78, 5) is 11.5. The maximum atomic E-state index is 11.5. The van der Waals surface area contributed by atoms with Crippen molar-refractivity contribution in [2.45, 2.75) is 46.6 Å². The molecule has 0 aromatic rings. The van der Waals surface area contributed by atoms with Gasteiger partial charge < -0.3 is 10.4 Å². The van der Waals surface area contributed by atoms with E-state index in [1.165, 1.54) is 0 Å². The van der Waals surface area contributed by atoms with Gasteiger partial charge in [-0.1, -0.05) is 27.7 Å². The molecule has 2 unspecified atom stereocenters. The predicted octanol–water partition coefficient (Wildman–Crippen LogP) is 1.56. The lowest BCUT2D eigenvalue weighted by atomic mass is 9.97. The van der Waals surface area contributed by atoms with Gasteiger partial charge >= 0.3 is 0 Å². The van der Waals surface area contributed by atoms with Crippen molar-refractivity contribution >= 4 is 5.91 Å². The van der Waals surface area contributed by atoms with Crippen molar-refractivity contribution in [1.82, 2.24) is 5.32 Å². The molecule has 0 fully saturated rings. The van der Waals surface area contributed by atoms with Crippen molar-refractivity contribution in [1.29, 1.82) is 0 Å². The molecule has 3 heteroatoms. The number of carbonyl (C=O) groups is 1. The van der Waals surface area contributed by atoms with E-state index in [0.29, 0.717) is 18.9 Å². The lowest BCUT2D eigenvalue weighted by Gasteiger charge is -2.16. The molecular weight excluding hydrogens is 178 g/mol. The third-order valence-corrected chi connectivity index (χ3v) is 2.66. The third kappa shape index (κ3) is 5.22. The monoisotopic (exact) mass is 201 g/mol. The zero-order valence-electron chi connectivity index (χ0n) is 9.71. The summed E-state index contributed by atoms with van der Waals surface area (Å²) >= 11 is 0. The molecule has 0 aliphatic heterocycles. The van der Waals surface area contributed by atoms with E-state index in [0.717, 1.165) is 6.42 Å². The minimum Gasteiger partial charge on any atom is -0.393 e. The van der Waals surface area contributed by atoms with Crippen LogP contribution in [-0.2, 0) is 4.79 Å². The normalized spacial score (nSPS) is 15.3. The SMILES string of the molecule is CCC(O)CCNC(=O)C(C)C(C)C. The summed E-state index contributed by atoms with van der Waals surface area (Å²) in [7, 11) is 0. The molecule has 3 nitrogen and oxygen atoms in total. The van der Waals surface area contributed by atoms with Gasteiger partial charge in [0, 0.05) is 12.5 Å². The van der Waals surface area contributed by atoms with Crippen molar-refractivity contribution < 1.29 is 9.90 Å². The van der Waals surface area contributed by atoms with E-state index in [1.807, 2.05) is 27.7 Å². The summed E-state index contributed by atoms with van der Waals surface area (Å²) in [6.07, 6.45) is 1.10. The summed E-state index contributed by atoms with van der Waals surface area (Å²) in [5.41, 5.74) is 0. The van der Waals surface area contributed by atoms with Crippen LogP contribution in [0.2, 0.25) is 0 Å². The predicted molar refractivity (Wildman–Crippen MR) is 57.9 cm³/mol. The van der Waals surface area contributed by atoms with Crippen LogP contribution in [0, 0.1) is 11.8 Å². The lowest BCUT2D eigenvalue weighted by molar-refractivity contribution is -0.125. The fourth-order valence-corrected chi connectivity index (χ4v) is 1.03. The Morgan fingerprint density at radius 2 is 1.93 bits per heavy atom. The van der Waals surface area contributed by atoms with E-state index >= 15 is 0 Å². The molecule has 14 heavy (non-hydrogen) atoms. The van der Waals surface area contributed by atoms with Crippen LogP contribution in [0.5, 0.6) is 0 Å². The molecule has 2 N–H and O–H groups in total. The van der Waals surface area contributed by atoms with Crippen molar-refractivity contribution in [3.63, 3.8) is 0 Å². The van der Waals surface area contributed by atoms with Gasteiger partial charge in [0.05, 0.1) is 6.10 Å². The van der Waals surface area contributed by atoms with E-state index in [4.69, 9.17) is 0 Å². The molecule has 0 aliphatic carbocycles. The van der Waals surface area contributed by atoms with Crippen LogP contribution < -0.4 is 5.32 Å². The fraction of sp³-hybridized carbons (Fsp3) is 0.909. The topological polar surface area (TPSA) is 49.3 Å². The van der Waals surface area contributed by atoms with Crippen LogP contribution in [0.4, 0.5) is 0 Å². The number of aliphatic hydroxyl groups is 1. The van der Waals surface area contributed by atoms with E-state index in [-0.39, 0.29) is 17.9 Å². The van der Waals surface area contributed by atoms with Gasteiger partial charge in [-0.05, 0) is 18.8 Å². The summed E-state index contributed by atoms with van der Waals surface area (Å²) in [6.45, 7) is 8.50. The van der Waals surface area contributed by atoms with E-state index in [9.17, 15) is 9.90 Å². The van der Waals surface area contributed by atoms with Crippen LogP contribution in [-0.4, -0.2) is 23.7 Å². The summed E-state index contributed by atoms with van der Waals surface area (Å²) in [5, 5.41) is 12.1. The van der Waals surface area contributed by atoms with Gasteiger partial charge in [0.1, 0.15) is 0 Å². The molecule has 0 bridgehead atoms. The molecule has 0 spiro atoms. The second-order valence-electron chi connectivity index (χ2n) is 4.17. The highest BCUT2D eigenvalue weighted by Crippen LogP contribution is 2.09. The van der Waals surface area contributed by atoms with Crippen LogP contribution in [0.25, 0.3) is 0 Å². The van der Waals surface area contributed by atoms with Gasteiger partial charge in [-0.3, -0.25) is 4.79 Å². The Balaban J connectivity index is 3.64. The Morgan fingerprint density at radius 3 is 2.36 bits per heavy atom. The smallest absolute Gasteiger partial charge is 0.223 e. The van der Waals surface area contributed by atoms with Gasteiger partial charge in [-0.25, -0.2) is 0 Å². The Kier molecular flexibility index (Phi) is 6.54. The number of rotatable bonds is 6. The zero-order valence-corrected chi connectivity index (χ0v) is 9.71. The highest BCUT2D eigenvalue weighted by molar-refractivity contribution is 5.78. The molecule has 0 aromatic heterocycles. The molecule has 0 aromatic carbocycles. The van der Waals surface area contributed by atoms with Crippen LogP contribution >= 0.6 is 0 Å². The third-order valence-electron chi connectivity index (χ3n) is 2.66. The van der Waals surface area contributed by atoms with Gasteiger partial charge in [-0.2, -0.15) is 0 Å². The molecule has 84 valence electrons. The van der Waals surface area contributed by atoms with Gasteiger partial charge in [0.25, 0.3) is 0 Å². The fourth-order valence-electron chi connectivity index (χ4n) is 1.03. The summed E-state index contributed by atoms with van der Waals surface area (Å²) in [6, 6.07) is 0. The minimum atomic E-state index is -0.287. The molecule has 0 aliphatic rings. The first-order valence-corrected chi connectivity index (χ1v) is 5.44. The first-order valence-electron chi connectivity index (χ1n) is 5.44. The standard InChI is InChI=1S/C11H23NO2/c1-5-10(13)6-7-12-11(14)9(4)8(2)3/h8-10,13H,5-7H2,1-4H3,(H,12,14). The van der Waals surface area contributed by atoms with E-state index in [2.05, 4.69) is 5.32 Å². The maximum Gasteiger partial charge on any atom is 0.223 e. The van der Waals surface area contributed by atoms with Gasteiger partial charge in [0.2, 0.25) is 5.91 Å². The number of hydrogen-bond acceptors (Lipinski definition) is 2. The van der Waals surface area contributed by atoms with E-state index < -0.39 is 0 Å². The van der Waals surface area contributed by atoms with Crippen LogP contribution in [0.15, 0.2) is 0 Å². The highest BCUT2D eigenvalue weighted by atomic mass is 16.3. The van der Waals surface area contributed by atoms with E-state index in [1.54, 1.807) is 0 Å². The van der Waals surface area contributed by atoms with Crippen molar-refractivity contribution in [2.75, 3.05) is 6.54 Å². The van der Waals surface area contributed by atoms with Gasteiger partial charge in [0.15, 0.2) is 0 Å². The molecular formula is C11H23NO2. The number of nitrogens with one attached hydrogen (secondary N) is 1. The Bertz CT molecular complexity index is 169. The molecule has 0 saturated heterocycles. The number of hydrogen-bond donors (Lipinski definition) is 2. The van der Waals surface area contributed by atoms with Gasteiger partial charge in [-0.15, -0.1) is 0 Å². The van der Waals surface area contributed by atoms with Crippen LogP contribution in [0.1, 0.15) is 40.5 Å². The molecule has 0 saturated carbocycles. The second kappa shape index (κ2) is 6.82. The number of amides is 1. The van der Waals surface area contributed by atoms with Crippen LogP contribution in [0.3, 0.4) is 0 Å². The molecule has 0 radical (unpaired) electrons. The Morgan fingerprint density at radius 1 is 1.36 bits per heavy atom. The maximum absolute atomic E-state index is 11.5. The summed E-state index contributed by atoms with van der Waals surface area (Å²) in [5.74, 6) is 0.503. The first-order chi connectivity index (χ1) is 6.49. The molecule has 1 amide bonds. The Labute approximate surface area is 86.9 Å². The molecule has 2 atom stereocenters. The first kappa shape index (κ1) is 13.4. The average Bonchev–Trinajstić information content (AvgIpc) is 2.15. The molecule has 0 rings (SSSR count). The Hall–Kier alpha value is -0.570.